The summed E-state index contributed by atoms with van der Waals surface area (Å²) < 4.78 is 5.93. The highest BCUT2D eigenvalue weighted by Gasteiger charge is 2.52. The lowest BCUT2D eigenvalue weighted by atomic mass is 9.81. The van der Waals surface area contributed by atoms with Gasteiger partial charge in [0.1, 0.15) is 5.75 Å². The molecule has 4 rings (SSSR count). The number of carbonyl (C=O) groups is 1. The summed E-state index contributed by atoms with van der Waals surface area (Å²) in [7, 11) is 1.64. The van der Waals surface area contributed by atoms with Crippen molar-refractivity contribution in [2.45, 2.75) is 25.0 Å². The van der Waals surface area contributed by atoms with E-state index in [2.05, 4.69) is 9.98 Å². The fourth-order valence-electron chi connectivity index (χ4n) is 3.50. The molecular weight excluding hydrogens is 340 g/mol. The third kappa shape index (κ3) is 2.36. The lowest BCUT2D eigenvalue weighted by Crippen LogP contribution is -2.45. The van der Waals surface area contributed by atoms with Crippen LogP contribution in [-0.4, -0.2) is 34.9 Å². The third-order valence-corrected chi connectivity index (χ3v) is 4.89. The molecule has 0 aliphatic carbocycles. The maximum absolute atomic E-state index is 12.9. The van der Waals surface area contributed by atoms with Crippen molar-refractivity contribution in [1.29, 1.82) is 0 Å². The number of halogens is 1. The number of ether oxygens (including phenoxy) is 1. The molecule has 0 saturated carbocycles. The number of aromatic nitrogens is 1. The van der Waals surface area contributed by atoms with E-state index in [4.69, 9.17) is 22.1 Å². The van der Waals surface area contributed by atoms with E-state index in [1.54, 1.807) is 19.4 Å². The van der Waals surface area contributed by atoms with Gasteiger partial charge in [-0.3, -0.25) is 14.7 Å². The molecule has 2 aliphatic heterocycles. The minimum Gasteiger partial charge on any atom is -0.490 e. The van der Waals surface area contributed by atoms with Gasteiger partial charge in [-0.2, -0.15) is 0 Å². The normalized spacial score (nSPS) is 24.9. The van der Waals surface area contributed by atoms with Gasteiger partial charge < -0.3 is 10.5 Å². The molecule has 128 valence electrons. The predicted molar refractivity (Wildman–Crippen MR) is 95.5 cm³/mol. The fraction of sp³-hybridized carbons (Fsp3) is 0.278. The van der Waals surface area contributed by atoms with Gasteiger partial charge in [0.25, 0.3) is 5.91 Å². The molecule has 0 bridgehead atoms. The average Bonchev–Trinajstić information content (AvgIpc) is 2.79. The van der Waals surface area contributed by atoms with Crippen molar-refractivity contribution < 1.29 is 9.53 Å². The monoisotopic (exact) mass is 356 g/mol. The number of nitrogens with two attached hydrogens (primary N) is 1. The molecule has 7 heteroatoms. The van der Waals surface area contributed by atoms with Crippen molar-refractivity contribution in [3.8, 4) is 16.9 Å². The number of amides is 1. The molecule has 0 saturated heterocycles. The zero-order valence-corrected chi connectivity index (χ0v) is 14.6. The zero-order chi connectivity index (χ0) is 17.8. The van der Waals surface area contributed by atoms with Crippen LogP contribution in [0.25, 0.3) is 11.1 Å². The van der Waals surface area contributed by atoms with Crippen molar-refractivity contribution in [3.63, 3.8) is 0 Å². The summed E-state index contributed by atoms with van der Waals surface area (Å²) in [4.78, 5) is 23.0. The van der Waals surface area contributed by atoms with Gasteiger partial charge in [0.15, 0.2) is 11.5 Å². The SMILES string of the molecule is C[C@@H]1C[C@@]2(N=C(N)N(C)C2=O)c2cc(-c3cncc(Cl)c3)ccc2O1. The van der Waals surface area contributed by atoms with Crippen LogP contribution in [0.3, 0.4) is 0 Å². The second-order valence-electron chi connectivity index (χ2n) is 6.43. The smallest absolute Gasteiger partial charge is 0.261 e. The number of hydrogen-bond acceptors (Lipinski definition) is 5. The van der Waals surface area contributed by atoms with Gasteiger partial charge in [-0.1, -0.05) is 17.7 Å². The Morgan fingerprint density at radius 2 is 2.12 bits per heavy atom. The molecule has 0 radical (unpaired) electrons. The summed E-state index contributed by atoms with van der Waals surface area (Å²) in [5.41, 5.74) is 7.37. The van der Waals surface area contributed by atoms with E-state index >= 15 is 0 Å². The zero-order valence-electron chi connectivity index (χ0n) is 13.9. The number of fused-ring (bicyclic) bond motifs is 2. The molecule has 3 heterocycles. The Kier molecular flexibility index (Phi) is 3.47. The van der Waals surface area contributed by atoms with Crippen LogP contribution in [-0.2, 0) is 10.3 Å². The molecule has 1 amide bonds. The van der Waals surface area contributed by atoms with Gasteiger partial charge in [0.05, 0.1) is 11.1 Å². The number of rotatable bonds is 1. The van der Waals surface area contributed by atoms with Gasteiger partial charge in [-0.05, 0) is 30.7 Å². The number of guanidine groups is 1. The number of benzene rings is 1. The number of hydrogen-bond donors (Lipinski definition) is 1. The highest BCUT2D eigenvalue weighted by molar-refractivity contribution is 6.30. The quantitative estimate of drug-likeness (QED) is 0.851. The van der Waals surface area contributed by atoms with E-state index in [-0.39, 0.29) is 18.0 Å². The molecule has 2 N–H and O–H groups in total. The van der Waals surface area contributed by atoms with Gasteiger partial charge in [-0.25, -0.2) is 4.99 Å². The van der Waals surface area contributed by atoms with Gasteiger partial charge in [-0.15, -0.1) is 0 Å². The van der Waals surface area contributed by atoms with E-state index in [1.165, 1.54) is 4.90 Å². The second-order valence-corrected chi connectivity index (χ2v) is 6.87. The molecule has 2 aliphatic rings. The minimum atomic E-state index is -1.03. The molecule has 1 spiro atoms. The molecule has 0 fully saturated rings. The van der Waals surface area contributed by atoms with E-state index in [9.17, 15) is 4.79 Å². The van der Waals surface area contributed by atoms with E-state index in [0.29, 0.717) is 17.2 Å². The Morgan fingerprint density at radius 3 is 2.80 bits per heavy atom. The van der Waals surface area contributed by atoms with Crippen LogP contribution in [0.1, 0.15) is 18.9 Å². The summed E-state index contributed by atoms with van der Waals surface area (Å²) in [6.07, 6.45) is 3.61. The van der Waals surface area contributed by atoms with Crippen LogP contribution in [0.4, 0.5) is 0 Å². The van der Waals surface area contributed by atoms with Crippen LogP contribution < -0.4 is 10.5 Å². The molecule has 25 heavy (non-hydrogen) atoms. The summed E-state index contributed by atoms with van der Waals surface area (Å²) in [5, 5.41) is 0.550. The lowest BCUT2D eigenvalue weighted by molar-refractivity contribution is -0.132. The van der Waals surface area contributed by atoms with Gasteiger partial charge in [0, 0.05) is 37.0 Å². The number of pyridine rings is 1. The molecular formula is C18H17ClN4O2. The van der Waals surface area contributed by atoms with Gasteiger partial charge in [0.2, 0.25) is 0 Å². The Morgan fingerprint density at radius 1 is 1.32 bits per heavy atom. The van der Waals surface area contributed by atoms with Gasteiger partial charge >= 0.3 is 0 Å². The maximum atomic E-state index is 12.9. The molecule has 0 unspecified atom stereocenters. The second kappa shape index (κ2) is 5.46. The Balaban J connectivity index is 1.91. The number of nitrogens with zero attached hydrogens (tertiary/aromatic N) is 3. The fourth-order valence-corrected chi connectivity index (χ4v) is 3.67. The van der Waals surface area contributed by atoms with E-state index in [0.717, 1.165) is 16.7 Å². The van der Waals surface area contributed by atoms with Crippen molar-refractivity contribution in [2.24, 2.45) is 10.7 Å². The maximum Gasteiger partial charge on any atom is 0.261 e. The van der Waals surface area contributed by atoms with E-state index < -0.39 is 5.54 Å². The first-order valence-electron chi connectivity index (χ1n) is 7.96. The van der Waals surface area contributed by atoms with Crippen LogP contribution in [0, 0.1) is 0 Å². The Labute approximate surface area is 150 Å². The average molecular weight is 357 g/mol. The number of likely N-dealkylation sites (N-methyl/N-ethyl adjacent to an activating group) is 1. The minimum absolute atomic E-state index is 0.136. The first-order chi connectivity index (χ1) is 11.9. The Hall–Kier alpha value is -2.60. The largest absolute Gasteiger partial charge is 0.490 e. The summed E-state index contributed by atoms with van der Waals surface area (Å²) in [6, 6.07) is 7.53. The number of aliphatic imine (C=N–C) groups is 1. The molecule has 1 aromatic carbocycles. The van der Waals surface area contributed by atoms with Crippen LogP contribution in [0.5, 0.6) is 5.75 Å². The van der Waals surface area contributed by atoms with Crippen molar-refractivity contribution >= 4 is 23.5 Å². The molecule has 2 atom stereocenters. The van der Waals surface area contributed by atoms with Crippen molar-refractivity contribution in [2.75, 3.05) is 7.05 Å². The predicted octanol–water partition coefficient (Wildman–Crippen LogP) is 2.56. The topological polar surface area (TPSA) is 80.8 Å². The van der Waals surface area contributed by atoms with Crippen molar-refractivity contribution in [1.82, 2.24) is 9.88 Å². The summed E-state index contributed by atoms with van der Waals surface area (Å²) in [6.45, 7) is 1.93. The standard InChI is InChI=1S/C18H17ClN4O2/c1-10-7-18(16(24)23(2)17(20)22-18)14-6-11(3-4-15(14)25-10)12-5-13(19)9-21-8-12/h3-6,8-10H,7H2,1-2H3,(H2,20,22)/t10-,18-/m1/s1. The highest BCUT2D eigenvalue weighted by atomic mass is 35.5. The molecule has 6 nitrogen and oxygen atoms in total. The van der Waals surface area contributed by atoms with Crippen molar-refractivity contribution in [3.05, 3.63) is 47.2 Å². The van der Waals surface area contributed by atoms with E-state index in [1.807, 2.05) is 31.2 Å². The molecule has 2 aromatic rings. The highest BCUT2D eigenvalue weighted by Crippen LogP contribution is 2.46. The summed E-state index contributed by atoms with van der Waals surface area (Å²) in [5.74, 6) is 0.736. The van der Waals surface area contributed by atoms with Crippen LogP contribution in [0.2, 0.25) is 5.02 Å². The first-order valence-corrected chi connectivity index (χ1v) is 8.34. The number of carbonyl (C=O) groups excluding carboxylic acids is 1. The first kappa shape index (κ1) is 15.9. The Bertz CT molecular complexity index is 914. The third-order valence-electron chi connectivity index (χ3n) is 4.68. The summed E-state index contributed by atoms with van der Waals surface area (Å²) >= 11 is 6.05. The lowest BCUT2D eigenvalue weighted by Gasteiger charge is -2.35. The molecule has 1 aromatic heterocycles. The van der Waals surface area contributed by atoms with Crippen LogP contribution >= 0.6 is 11.6 Å². The van der Waals surface area contributed by atoms with Crippen LogP contribution in [0.15, 0.2) is 41.7 Å².